The highest BCUT2D eigenvalue weighted by Crippen LogP contribution is 2.27. The van der Waals surface area contributed by atoms with E-state index in [2.05, 4.69) is 0 Å². The van der Waals surface area contributed by atoms with E-state index in [4.69, 9.17) is 4.74 Å². The maximum absolute atomic E-state index is 12.8. The van der Waals surface area contributed by atoms with Gasteiger partial charge < -0.3 is 9.64 Å². The molecule has 2 fully saturated rings. The van der Waals surface area contributed by atoms with Gasteiger partial charge in [0.2, 0.25) is 5.91 Å². The highest BCUT2D eigenvalue weighted by atomic mass is 16.5. The van der Waals surface area contributed by atoms with Crippen molar-refractivity contribution in [2.45, 2.75) is 70.3 Å². The van der Waals surface area contributed by atoms with Gasteiger partial charge in [-0.25, -0.2) is 4.79 Å². The maximum Gasteiger partial charge on any atom is 0.328 e. The first-order valence-electron chi connectivity index (χ1n) is 8.12. The van der Waals surface area contributed by atoms with E-state index in [1.807, 2.05) is 4.90 Å². The molecule has 1 saturated carbocycles. The van der Waals surface area contributed by atoms with Crippen molar-refractivity contribution in [1.29, 1.82) is 0 Å². The van der Waals surface area contributed by atoms with Gasteiger partial charge in [0.1, 0.15) is 6.04 Å². The molecule has 0 radical (unpaired) electrons. The van der Waals surface area contributed by atoms with Gasteiger partial charge in [-0.15, -0.1) is 0 Å². The molecule has 1 unspecified atom stereocenters. The average Bonchev–Trinajstić information content (AvgIpc) is 2.45. The van der Waals surface area contributed by atoms with Crippen LogP contribution in [-0.2, 0) is 14.3 Å². The van der Waals surface area contributed by atoms with Gasteiger partial charge in [-0.3, -0.25) is 4.79 Å². The van der Waals surface area contributed by atoms with Crippen molar-refractivity contribution in [3.8, 4) is 0 Å². The van der Waals surface area contributed by atoms with Crippen LogP contribution in [0, 0.1) is 5.92 Å². The van der Waals surface area contributed by atoms with Gasteiger partial charge in [-0.2, -0.15) is 0 Å². The predicted octanol–water partition coefficient (Wildman–Crippen LogP) is 2.90. The first-order valence-corrected chi connectivity index (χ1v) is 8.12. The second-order valence-electron chi connectivity index (χ2n) is 6.11. The molecule has 2 aliphatic rings. The van der Waals surface area contributed by atoms with Gasteiger partial charge in [0.15, 0.2) is 0 Å². The molecular formula is C16H27NO3. The Morgan fingerprint density at radius 1 is 0.900 bits per heavy atom. The lowest BCUT2D eigenvalue weighted by atomic mass is 9.89. The number of ether oxygens (including phenoxy) is 1. The number of nitrogens with zero attached hydrogens (tertiary/aromatic N) is 1. The summed E-state index contributed by atoms with van der Waals surface area (Å²) < 4.78 is 4.87. The van der Waals surface area contributed by atoms with Crippen LogP contribution in [0.4, 0.5) is 0 Å². The number of hydrogen-bond donors (Lipinski definition) is 0. The lowest BCUT2D eigenvalue weighted by Gasteiger charge is -2.36. The van der Waals surface area contributed by atoms with E-state index in [1.54, 1.807) is 0 Å². The van der Waals surface area contributed by atoms with Crippen LogP contribution in [0.2, 0.25) is 0 Å². The molecular weight excluding hydrogens is 254 g/mol. The van der Waals surface area contributed by atoms with Crippen molar-refractivity contribution in [2.24, 2.45) is 5.92 Å². The van der Waals surface area contributed by atoms with Crippen LogP contribution >= 0.6 is 0 Å². The number of hydrogen-bond acceptors (Lipinski definition) is 3. The van der Waals surface area contributed by atoms with Gasteiger partial charge in [0.05, 0.1) is 7.11 Å². The third-order valence-corrected chi connectivity index (χ3v) is 4.71. The first kappa shape index (κ1) is 15.3. The van der Waals surface area contributed by atoms with Gasteiger partial charge in [0.25, 0.3) is 0 Å². The Kier molecular flexibility index (Phi) is 5.86. The Hall–Kier alpha value is -1.06. The number of piperidine rings is 1. The molecule has 1 aliphatic heterocycles. The Bertz CT molecular complexity index is 335. The molecule has 0 aromatic heterocycles. The number of esters is 1. The number of likely N-dealkylation sites (tertiary alicyclic amines) is 1. The molecule has 1 amide bonds. The van der Waals surface area contributed by atoms with Crippen molar-refractivity contribution < 1.29 is 14.3 Å². The van der Waals surface area contributed by atoms with E-state index in [-0.39, 0.29) is 23.8 Å². The van der Waals surface area contributed by atoms with Crippen molar-refractivity contribution in [1.82, 2.24) is 4.90 Å². The highest BCUT2D eigenvalue weighted by Gasteiger charge is 2.35. The summed E-state index contributed by atoms with van der Waals surface area (Å²) in [5, 5.41) is 0. The second kappa shape index (κ2) is 7.65. The molecule has 1 aliphatic carbocycles. The minimum absolute atomic E-state index is 0.126. The van der Waals surface area contributed by atoms with E-state index in [1.165, 1.54) is 26.4 Å². The van der Waals surface area contributed by atoms with Crippen molar-refractivity contribution in [2.75, 3.05) is 13.7 Å². The zero-order chi connectivity index (χ0) is 14.4. The average molecular weight is 281 g/mol. The molecule has 0 spiro atoms. The number of rotatable bonds is 2. The zero-order valence-electron chi connectivity index (χ0n) is 12.6. The van der Waals surface area contributed by atoms with Crippen LogP contribution in [0.15, 0.2) is 0 Å². The lowest BCUT2D eigenvalue weighted by molar-refractivity contribution is -0.156. The van der Waals surface area contributed by atoms with Gasteiger partial charge in [0, 0.05) is 12.5 Å². The lowest BCUT2D eigenvalue weighted by Crippen LogP contribution is -2.50. The molecule has 4 nitrogen and oxygen atoms in total. The molecule has 2 rings (SSSR count). The molecule has 114 valence electrons. The molecule has 0 aromatic rings. The largest absolute Gasteiger partial charge is 0.467 e. The summed E-state index contributed by atoms with van der Waals surface area (Å²) in [5.74, 6) is 0.0754. The van der Waals surface area contributed by atoms with Gasteiger partial charge >= 0.3 is 5.97 Å². The topological polar surface area (TPSA) is 46.6 Å². The fraction of sp³-hybridized carbons (Fsp3) is 0.875. The van der Waals surface area contributed by atoms with Crippen LogP contribution in [0.5, 0.6) is 0 Å². The SMILES string of the molecule is COC(=O)C1CCCCN1C(=O)C1CCCCCCC1. The second-order valence-corrected chi connectivity index (χ2v) is 6.11. The van der Waals surface area contributed by atoms with Crippen LogP contribution in [0.3, 0.4) is 0 Å². The summed E-state index contributed by atoms with van der Waals surface area (Å²) in [7, 11) is 1.41. The summed E-state index contributed by atoms with van der Waals surface area (Å²) in [6.45, 7) is 0.717. The van der Waals surface area contributed by atoms with Crippen LogP contribution in [0.25, 0.3) is 0 Å². The van der Waals surface area contributed by atoms with E-state index in [0.29, 0.717) is 0 Å². The van der Waals surface area contributed by atoms with E-state index < -0.39 is 0 Å². The summed E-state index contributed by atoms with van der Waals surface area (Å²) >= 11 is 0. The Morgan fingerprint density at radius 3 is 2.15 bits per heavy atom. The molecule has 0 bridgehead atoms. The molecule has 4 heteroatoms. The fourth-order valence-corrected chi connectivity index (χ4v) is 3.51. The molecule has 0 aromatic carbocycles. The maximum atomic E-state index is 12.8. The molecule has 1 atom stereocenters. The smallest absolute Gasteiger partial charge is 0.328 e. The number of amides is 1. The van der Waals surface area contributed by atoms with Crippen molar-refractivity contribution >= 4 is 11.9 Å². The van der Waals surface area contributed by atoms with Crippen molar-refractivity contribution in [3.05, 3.63) is 0 Å². The normalized spacial score (nSPS) is 25.6. The Labute approximate surface area is 121 Å². The molecule has 1 saturated heterocycles. The number of carbonyl (C=O) groups excluding carboxylic acids is 2. The third kappa shape index (κ3) is 3.74. The highest BCUT2D eigenvalue weighted by molar-refractivity contribution is 5.86. The van der Waals surface area contributed by atoms with Gasteiger partial charge in [-0.1, -0.05) is 32.1 Å². The fourth-order valence-electron chi connectivity index (χ4n) is 3.51. The number of carbonyl (C=O) groups is 2. The van der Waals surface area contributed by atoms with Crippen LogP contribution in [-0.4, -0.2) is 36.5 Å². The van der Waals surface area contributed by atoms with E-state index in [9.17, 15) is 9.59 Å². The molecule has 0 N–H and O–H groups in total. The summed E-state index contributed by atoms with van der Waals surface area (Å²) in [6, 6.07) is -0.341. The summed E-state index contributed by atoms with van der Waals surface area (Å²) in [6.07, 6.45) is 10.8. The first-order chi connectivity index (χ1) is 9.74. The molecule has 1 heterocycles. The van der Waals surface area contributed by atoms with E-state index >= 15 is 0 Å². The summed E-state index contributed by atoms with van der Waals surface area (Å²) in [4.78, 5) is 26.4. The monoisotopic (exact) mass is 281 g/mol. The quantitative estimate of drug-likeness (QED) is 0.731. The third-order valence-electron chi connectivity index (χ3n) is 4.71. The Morgan fingerprint density at radius 2 is 1.50 bits per heavy atom. The van der Waals surface area contributed by atoms with Gasteiger partial charge in [-0.05, 0) is 32.1 Å². The van der Waals surface area contributed by atoms with Crippen molar-refractivity contribution in [3.63, 3.8) is 0 Å². The minimum atomic E-state index is -0.341. The van der Waals surface area contributed by atoms with Crippen LogP contribution in [0.1, 0.15) is 64.2 Å². The summed E-state index contributed by atoms with van der Waals surface area (Å²) in [5.41, 5.74) is 0. The predicted molar refractivity (Wildman–Crippen MR) is 77.2 cm³/mol. The minimum Gasteiger partial charge on any atom is -0.467 e. The zero-order valence-corrected chi connectivity index (χ0v) is 12.6. The standard InChI is InChI=1S/C16H27NO3/c1-20-16(19)14-11-7-8-12-17(14)15(18)13-9-5-3-2-4-6-10-13/h13-14H,2-12H2,1H3. The van der Waals surface area contributed by atoms with Crippen LogP contribution < -0.4 is 0 Å². The Balaban J connectivity index is 2.01. The van der Waals surface area contributed by atoms with E-state index in [0.717, 1.165) is 51.5 Å². The number of methoxy groups -OCH3 is 1. The molecule has 20 heavy (non-hydrogen) atoms.